The van der Waals surface area contributed by atoms with Crippen molar-refractivity contribution < 1.29 is 9.90 Å². The van der Waals surface area contributed by atoms with E-state index < -0.39 is 0 Å². The Morgan fingerprint density at radius 1 is 1.53 bits per heavy atom. The normalized spacial score (nSPS) is 23.8. The molecule has 0 aromatic carbocycles. The summed E-state index contributed by atoms with van der Waals surface area (Å²) in [6, 6.07) is 1.74. The van der Waals surface area contributed by atoms with Crippen molar-refractivity contribution in [2.75, 3.05) is 18.9 Å². The summed E-state index contributed by atoms with van der Waals surface area (Å²) in [6.07, 6.45) is 3.30. The molecule has 4 N–H and O–H groups in total. The Labute approximate surface area is 105 Å². The molecule has 1 fully saturated rings. The first-order chi connectivity index (χ1) is 8.22. The predicted octanol–water partition coefficient (Wildman–Crippen LogP) is 1.47. The maximum absolute atomic E-state index is 11.8. The van der Waals surface area contributed by atoms with Crippen LogP contribution in [0.2, 0.25) is 0 Å². The van der Waals surface area contributed by atoms with Crippen molar-refractivity contribution in [3.05, 3.63) is 16.3 Å². The first kappa shape index (κ1) is 12.4. The number of amides is 1. The van der Waals surface area contributed by atoms with Crippen LogP contribution in [0, 0.1) is 11.8 Å². The highest BCUT2D eigenvalue weighted by Gasteiger charge is 2.27. The maximum atomic E-state index is 11.8. The van der Waals surface area contributed by atoms with Crippen molar-refractivity contribution in [2.24, 2.45) is 11.8 Å². The zero-order chi connectivity index (χ0) is 12.3. The van der Waals surface area contributed by atoms with Gasteiger partial charge in [-0.2, -0.15) is 0 Å². The van der Waals surface area contributed by atoms with Crippen molar-refractivity contribution in [3.8, 4) is 0 Å². The van der Waals surface area contributed by atoms with Crippen LogP contribution >= 0.6 is 11.3 Å². The van der Waals surface area contributed by atoms with E-state index in [2.05, 4.69) is 5.32 Å². The molecular weight excluding hydrogens is 236 g/mol. The molecule has 0 bridgehead atoms. The van der Waals surface area contributed by atoms with Gasteiger partial charge in [0.15, 0.2) is 0 Å². The first-order valence-corrected chi connectivity index (χ1v) is 6.82. The van der Waals surface area contributed by atoms with Gasteiger partial charge >= 0.3 is 0 Å². The van der Waals surface area contributed by atoms with Gasteiger partial charge in [0.2, 0.25) is 0 Å². The minimum absolute atomic E-state index is 0.0962. The molecule has 1 saturated carbocycles. The largest absolute Gasteiger partial charge is 0.397 e. The van der Waals surface area contributed by atoms with Crippen molar-refractivity contribution in [1.29, 1.82) is 0 Å². The number of rotatable bonds is 4. The van der Waals surface area contributed by atoms with Gasteiger partial charge in [0.25, 0.3) is 5.91 Å². The summed E-state index contributed by atoms with van der Waals surface area (Å²) in [4.78, 5) is 12.4. The second-order valence-electron chi connectivity index (χ2n) is 4.55. The third-order valence-electron chi connectivity index (χ3n) is 3.48. The lowest BCUT2D eigenvalue weighted by atomic mass is 9.97. The van der Waals surface area contributed by atoms with Crippen molar-refractivity contribution in [1.82, 2.24) is 5.32 Å². The monoisotopic (exact) mass is 254 g/mol. The lowest BCUT2D eigenvalue weighted by molar-refractivity contribution is 0.0942. The van der Waals surface area contributed by atoms with Crippen LogP contribution in [0.1, 0.15) is 28.9 Å². The number of carbonyl (C=O) groups excluding carboxylic acids is 1. The van der Waals surface area contributed by atoms with Gasteiger partial charge in [-0.05, 0) is 36.1 Å². The maximum Gasteiger partial charge on any atom is 0.263 e. The second-order valence-corrected chi connectivity index (χ2v) is 5.46. The quantitative estimate of drug-likeness (QED) is 0.761. The first-order valence-electron chi connectivity index (χ1n) is 5.94. The van der Waals surface area contributed by atoms with E-state index in [4.69, 9.17) is 5.73 Å². The fourth-order valence-corrected chi connectivity index (χ4v) is 3.16. The van der Waals surface area contributed by atoms with Gasteiger partial charge in [0.1, 0.15) is 4.88 Å². The van der Waals surface area contributed by atoms with Crippen LogP contribution in [0.4, 0.5) is 5.69 Å². The summed E-state index contributed by atoms with van der Waals surface area (Å²) in [5, 5.41) is 13.9. The highest BCUT2D eigenvalue weighted by molar-refractivity contribution is 7.12. The van der Waals surface area contributed by atoms with E-state index in [1.54, 1.807) is 6.07 Å². The molecule has 2 unspecified atom stereocenters. The molecular formula is C12H18N2O2S. The molecule has 1 aliphatic rings. The Hall–Kier alpha value is -1.07. The van der Waals surface area contributed by atoms with Crippen LogP contribution < -0.4 is 11.1 Å². The molecule has 1 aliphatic carbocycles. The zero-order valence-electron chi connectivity index (χ0n) is 9.69. The number of nitrogens with two attached hydrogens (primary N) is 1. The Bertz CT molecular complexity index is 392. The molecule has 0 spiro atoms. The van der Waals surface area contributed by atoms with Crippen LogP contribution in [0.15, 0.2) is 11.4 Å². The smallest absolute Gasteiger partial charge is 0.263 e. The summed E-state index contributed by atoms with van der Waals surface area (Å²) in [7, 11) is 0. The predicted molar refractivity (Wildman–Crippen MR) is 69.0 cm³/mol. The Kier molecular flexibility index (Phi) is 4.02. The molecule has 2 atom stereocenters. The molecule has 1 aromatic heterocycles. The molecule has 5 heteroatoms. The number of hydrogen-bond donors (Lipinski definition) is 3. The van der Waals surface area contributed by atoms with Crippen LogP contribution in [0.5, 0.6) is 0 Å². The van der Waals surface area contributed by atoms with Crippen molar-refractivity contribution in [2.45, 2.75) is 19.3 Å². The molecule has 1 amide bonds. The fraction of sp³-hybridized carbons (Fsp3) is 0.583. The molecule has 0 radical (unpaired) electrons. The molecule has 94 valence electrons. The van der Waals surface area contributed by atoms with E-state index in [1.165, 1.54) is 11.3 Å². The number of thiophene rings is 1. The molecule has 4 nitrogen and oxygen atoms in total. The van der Waals surface area contributed by atoms with E-state index in [9.17, 15) is 9.90 Å². The Balaban J connectivity index is 1.86. The number of aliphatic hydroxyl groups excluding tert-OH is 1. The lowest BCUT2D eigenvalue weighted by Gasteiger charge is -2.17. The number of nitrogens with one attached hydrogen (secondary N) is 1. The third kappa shape index (κ3) is 2.79. The van der Waals surface area contributed by atoms with E-state index in [-0.39, 0.29) is 12.5 Å². The third-order valence-corrected chi connectivity index (χ3v) is 4.41. The minimum atomic E-state index is -0.0962. The number of carbonyl (C=O) groups is 1. The van der Waals surface area contributed by atoms with Gasteiger partial charge in [-0.25, -0.2) is 0 Å². The van der Waals surface area contributed by atoms with Crippen molar-refractivity contribution in [3.63, 3.8) is 0 Å². The standard InChI is InChI=1S/C12H18N2O2S/c13-10-4-5-17-11(10)12(16)14-6-8-2-1-3-9(8)7-15/h4-5,8-9,15H,1-3,6-7,13H2,(H,14,16). The van der Waals surface area contributed by atoms with Crippen LogP contribution in [-0.4, -0.2) is 24.2 Å². The van der Waals surface area contributed by atoms with Gasteiger partial charge in [-0.3, -0.25) is 4.79 Å². The average molecular weight is 254 g/mol. The van der Waals surface area contributed by atoms with E-state index in [1.807, 2.05) is 5.38 Å². The molecule has 0 saturated heterocycles. The SMILES string of the molecule is Nc1ccsc1C(=O)NCC1CCCC1CO. The summed E-state index contributed by atoms with van der Waals surface area (Å²) in [5.74, 6) is 0.655. The molecule has 1 heterocycles. The summed E-state index contributed by atoms with van der Waals surface area (Å²) < 4.78 is 0. The van der Waals surface area contributed by atoms with Crippen LogP contribution in [-0.2, 0) is 0 Å². The second kappa shape index (κ2) is 5.51. The highest BCUT2D eigenvalue weighted by Crippen LogP contribution is 2.30. The number of nitrogen functional groups attached to an aromatic ring is 1. The molecule has 1 aromatic rings. The molecule has 17 heavy (non-hydrogen) atoms. The zero-order valence-corrected chi connectivity index (χ0v) is 10.5. The Morgan fingerprint density at radius 2 is 2.29 bits per heavy atom. The molecule has 2 rings (SSSR count). The van der Waals surface area contributed by atoms with E-state index >= 15 is 0 Å². The topological polar surface area (TPSA) is 75.4 Å². The minimum Gasteiger partial charge on any atom is -0.397 e. The highest BCUT2D eigenvalue weighted by atomic mass is 32.1. The summed E-state index contributed by atoms with van der Waals surface area (Å²) in [6.45, 7) is 0.864. The number of aliphatic hydroxyl groups is 1. The lowest BCUT2D eigenvalue weighted by Crippen LogP contribution is -2.31. The Morgan fingerprint density at radius 3 is 2.94 bits per heavy atom. The van der Waals surface area contributed by atoms with Gasteiger partial charge in [-0.1, -0.05) is 6.42 Å². The number of anilines is 1. The fourth-order valence-electron chi connectivity index (χ4n) is 2.43. The summed E-state index contributed by atoms with van der Waals surface area (Å²) in [5.41, 5.74) is 6.23. The van der Waals surface area contributed by atoms with Gasteiger partial charge in [0, 0.05) is 13.2 Å². The average Bonchev–Trinajstić information content (AvgIpc) is 2.94. The van der Waals surface area contributed by atoms with E-state index in [0.717, 1.165) is 19.3 Å². The number of hydrogen-bond acceptors (Lipinski definition) is 4. The molecule has 0 aliphatic heterocycles. The van der Waals surface area contributed by atoms with Gasteiger partial charge in [-0.15, -0.1) is 11.3 Å². The van der Waals surface area contributed by atoms with Crippen molar-refractivity contribution >= 4 is 22.9 Å². The van der Waals surface area contributed by atoms with Crippen LogP contribution in [0.25, 0.3) is 0 Å². The van der Waals surface area contributed by atoms with Crippen LogP contribution in [0.3, 0.4) is 0 Å². The summed E-state index contributed by atoms with van der Waals surface area (Å²) >= 11 is 1.36. The van der Waals surface area contributed by atoms with Gasteiger partial charge < -0.3 is 16.2 Å². The van der Waals surface area contributed by atoms with E-state index in [0.29, 0.717) is 28.9 Å². The van der Waals surface area contributed by atoms with Gasteiger partial charge in [0.05, 0.1) is 5.69 Å².